The summed E-state index contributed by atoms with van der Waals surface area (Å²) in [6.45, 7) is 2.07. The lowest BCUT2D eigenvalue weighted by atomic mass is 10.1. The van der Waals surface area contributed by atoms with Crippen LogP contribution in [0.4, 0.5) is 0 Å². The summed E-state index contributed by atoms with van der Waals surface area (Å²) in [5.41, 5.74) is 0. The Morgan fingerprint density at radius 2 is 2.05 bits per heavy atom. The zero-order valence-corrected chi connectivity index (χ0v) is 13.6. The van der Waals surface area contributed by atoms with Gasteiger partial charge in [0.1, 0.15) is 18.5 Å². The summed E-state index contributed by atoms with van der Waals surface area (Å²) < 4.78 is 11.5. The van der Waals surface area contributed by atoms with Gasteiger partial charge in [0, 0.05) is 20.2 Å². The van der Waals surface area contributed by atoms with Crippen molar-refractivity contribution in [3.05, 3.63) is 40.9 Å². The summed E-state index contributed by atoms with van der Waals surface area (Å²) in [5.74, 6) is 0.740. The molecular weight excluding hydrogens is 334 g/mol. The zero-order chi connectivity index (χ0) is 15.1. The largest absolute Gasteiger partial charge is 0.490 e. The summed E-state index contributed by atoms with van der Waals surface area (Å²) in [7, 11) is 1.65. The SMILES string of the molecule is COCCNCC(O)COc1ccc2ccccc2c1Br. The fourth-order valence-electron chi connectivity index (χ4n) is 2.01. The first-order chi connectivity index (χ1) is 10.2. The Bertz CT molecular complexity index is 576. The molecule has 5 heteroatoms. The standard InChI is InChI=1S/C16H20BrNO3/c1-20-9-8-18-10-13(19)11-21-15-7-6-12-4-2-3-5-14(12)16(15)17/h2-7,13,18-19H,8-11H2,1H3. The van der Waals surface area contributed by atoms with E-state index in [4.69, 9.17) is 9.47 Å². The monoisotopic (exact) mass is 353 g/mol. The lowest BCUT2D eigenvalue weighted by Crippen LogP contribution is -2.33. The van der Waals surface area contributed by atoms with Gasteiger partial charge < -0.3 is 19.9 Å². The molecule has 21 heavy (non-hydrogen) atoms. The van der Waals surface area contributed by atoms with Crippen molar-refractivity contribution in [3.8, 4) is 5.75 Å². The fourth-order valence-corrected chi connectivity index (χ4v) is 2.62. The number of fused-ring (bicyclic) bond motifs is 1. The molecule has 2 aromatic carbocycles. The number of methoxy groups -OCH3 is 1. The number of benzene rings is 2. The fraction of sp³-hybridized carbons (Fsp3) is 0.375. The van der Waals surface area contributed by atoms with Crippen molar-refractivity contribution >= 4 is 26.7 Å². The number of ether oxygens (including phenoxy) is 2. The smallest absolute Gasteiger partial charge is 0.134 e. The molecule has 0 amide bonds. The van der Waals surface area contributed by atoms with Gasteiger partial charge in [-0.3, -0.25) is 0 Å². The Hall–Kier alpha value is -1.14. The molecule has 0 spiro atoms. The highest BCUT2D eigenvalue weighted by atomic mass is 79.9. The van der Waals surface area contributed by atoms with Crippen LogP contribution < -0.4 is 10.1 Å². The van der Waals surface area contributed by atoms with Gasteiger partial charge in [0.25, 0.3) is 0 Å². The van der Waals surface area contributed by atoms with E-state index in [1.54, 1.807) is 7.11 Å². The third kappa shape index (κ3) is 4.68. The Kier molecular flexibility index (Phi) is 6.45. The maximum atomic E-state index is 9.87. The highest BCUT2D eigenvalue weighted by molar-refractivity contribution is 9.10. The summed E-state index contributed by atoms with van der Waals surface area (Å²) in [6.07, 6.45) is -0.555. The van der Waals surface area contributed by atoms with Crippen LogP contribution in [-0.2, 0) is 4.74 Å². The predicted octanol–water partition coefficient (Wildman–Crippen LogP) is 2.58. The number of nitrogens with one attached hydrogen (secondary N) is 1. The summed E-state index contributed by atoms with van der Waals surface area (Å²) in [5, 5.41) is 15.2. The van der Waals surface area contributed by atoms with Crippen LogP contribution >= 0.6 is 15.9 Å². The minimum absolute atomic E-state index is 0.247. The van der Waals surface area contributed by atoms with E-state index in [1.807, 2.05) is 30.3 Å². The van der Waals surface area contributed by atoms with Crippen LogP contribution in [0.5, 0.6) is 5.75 Å². The third-order valence-electron chi connectivity index (χ3n) is 3.12. The van der Waals surface area contributed by atoms with Gasteiger partial charge in [0.2, 0.25) is 0 Å². The second-order valence-corrected chi connectivity index (χ2v) is 5.55. The van der Waals surface area contributed by atoms with Crippen LogP contribution in [0, 0.1) is 0 Å². The van der Waals surface area contributed by atoms with Gasteiger partial charge in [0.15, 0.2) is 0 Å². The molecule has 0 aromatic heterocycles. The second-order valence-electron chi connectivity index (χ2n) is 4.76. The highest BCUT2D eigenvalue weighted by Crippen LogP contribution is 2.32. The molecule has 1 atom stereocenters. The van der Waals surface area contributed by atoms with Gasteiger partial charge in [-0.15, -0.1) is 0 Å². The van der Waals surface area contributed by atoms with E-state index in [0.29, 0.717) is 19.7 Å². The molecule has 0 aliphatic rings. The van der Waals surface area contributed by atoms with E-state index in [2.05, 4.69) is 27.3 Å². The molecule has 0 fully saturated rings. The molecule has 2 rings (SSSR count). The number of aliphatic hydroxyl groups is 1. The first-order valence-electron chi connectivity index (χ1n) is 6.90. The Balaban J connectivity index is 1.90. The van der Waals surface area contributed by atoms with Gasteiger partial charge in [0.05, 0.1) is 11.1 Å². The Labute approximate surface area is 133 Å². The number of rotatable bonds is 8. The topological polar surface area (TPSA) is 50.7 Å². The van der Waals surface area contributed by atoms with Crippen LogP contribution in [-0.4, -0.2) is 44.6 Å². The van der Waals surface area contributed by atoms with Crippen LogP contribution in [0.1, 0.15) is 0 Å². The first-order valence-corrected chi connectivity index (χ1v) is 7.69. The van der Waals surface area contributed by atoms with Gasteiger partial charge in [-0.25, -0.2) is 0 Å². The molecule has 0 saturated carbocycles. The number of hydrogen-bond acceptors (Lipinski definition) is 4. The lowest BCUT2D eigenvalue weighted by molar-refractivity contribution is 0.103. The molecular formula is C16H20BrNO3. The minimum Gasteiger partial charge on any atom is -0.490 e. The average Bonchev–Trinajstić information content (AvgIpc) is 2.51. The molecule has 0 aliphatic heterocycles. The molecule has 1 unspecified atom stereocenters. The average molecular weight is 354 g/mol. The molecule has 2 aromatic rings. The molecule has 2 N–H and O–H groups in total. The predicted molar refractivity (Wildman–Crippen MR) is 87.9 cm³/mol. The maximum absolute atomic E-state index is 9.87. The summed E-state index contributed by atoms with van der Waals surface area (Å²) >= 11 is 3.57. The van der Waals surface area contributed by atoms with E-state index in [9.17, 15) is 5.11 Å². The first kappa shape index (κ1) is 16.2. The molecule has 0 radical (unpaired) electrons. The quantitative estimate of drug-likeness (QED) is 0.716. The normalized spacial score (nSPS) is 12.5. The van der Waals surface area contributed by atoms with E-state index in [1.165, 1.54) is 0 Å². The van der Waals surface area contributed by atoms with Crippen LogP contribution in [0.25, 0.3) is 10.8 Å². The van der Waals surface area contributed by atoms with E-state index >= 15 is 0 Å². The van der Waals surface area contributed by atoms with Gasteiger partial charge in [-0.2, -0.15) is 0 Å². The number of halogens is 1. The maximum Gasteiger partial charge on any atom is 0.134 e. The summed E-state index contributed by atoms with van der Waals surface area (Å²) in [4.78, 5) is 0. The van der Waals surface area contributed by atoms with E-state index in [-0.39, 0.29) is 6.61 Å². The van der Waals surface area contributed by atoms with E-state index < -0.39 is 6.10 Å². The third-order valence-corrected chi connectivity index (χ3v) is 3.94. The van der Waals surface area contributed by atoms with Gasteiger partial charge in [-0.05, 0) is 32.8 Å². The van der Waals surface area contributed by atoms with Crippen LogP contribution in [0.3, 0.4) is 0 Å². The Morgan fingerprint density at radius 1 is 1.24 bits per heavy atom. The van der Waals surface area contributed by atoms with Crippen molar-refractivity contribution in [1.82, 2.24) is 5.32 Å². The Morgan fingerprint density at radius 3 is 2.86 bits per heavy atom. The van der Waals surface area contributed by atoms with Crippen LogP contribution in [0.15, 0.2) is 40.9 Å². The van der Waals surface area contributed by atoms with Gasteiger partial charge >= 0.3 is 0 Å². The van der Waals surface area contributed by atoms with Gasteiger partial charge in [-0.1, -0.05) is 30.3 Å². The molecule has 0 heterocycles. The van der Waals surface area contributed by atoms with Crippen LogP contribution in [0.2, 0.25) is 0 Å². The lowest BCUT2D eigenvalue weighted by Gasteiger charge is -2.15. The van der Waals surface area contributed by atoms with Crippen molar-refractivity contribution in [1.29, 1.82) is 0 Å². The van der Waals surface area contributed by atoms with Crippen molar-refractivity contribution in [3.63, 3.8) is 0 Å². The van der Waals surface area contributed by atoms with Crippen molar-refractivity contribution in [2.45, 2.75) is 6.10 Å². The molecule has 0 aliphatic carbocycles. The van der Waals surface area contributed by atoms with Crippen molar-refractivity contribution in [2.75, 3.05) is 33.4 Å². The number of aliphatic hydroxyl groups excluding tert-OH is 1. The van der Waals surface area contributed by atoms with Crippen molar-refractivity contribution < 1.29 is 14.6 Å². The summed E-state index contributed by atoms with van der Waals surface area (Å²) in [6, 6.07) is 12.0. The number of hydrogen-bond donors (Lipinski definition) is 2. The highest BCUT2D eigenvalue weighted by Gasteiger charge is 2.09. The second kappa shape index (κ2) is 8.34. The molecule has 0 saturated heterocycles. The van der Waals surface area contributed by atoms with E-state index in [0.717, 1.165) is 21.0 Å². The molecule has 0 bridgehead atoms. The van der Waals surface area contributed by atoms with Crippen molar-refractivity contribution in [2.24, 2.45) is 0 Å². The minimum atomic E-state index is -0.555. The molecule has 114 valence electrons. The zero-order valence-electron chi connectivity index (χ0n) is 12.0. The molecule has 4 nitrogen and oxygen atoms in total.